The van der Waals surface area contributed by atoms with Crippen molar-refractivity contribution < 1.29 is 18.3 Å². The highest BCUT2D eigenvalue weighted by atomic mass is 16.5. The number of hydrogen-bond donors (Lipinski definition) is 0. The van der Waals surface area contributed by atoms with Gasteiger partial charge >= 0.3 is 11.3 Å². The van der Waals surface area contributed by atoms with Gasteiger partial charge in [0.2, 0.25) is 0 Å². The van der Waals surface area contributed by atoms with Gasteiger partial charge in [-0.2, -0.15) is 0 Å². The standard InChI is InChI=1S/C21H16O6/c1-3-25-13-7-8-14-15(11-19(22)26-18(14)10-13)16-9-12-5-4-6-17(24-2)20(12)27-21(16)23/h4-11H,3H2,1-2H3. The van der Waals surface area contributed by atoms with Gasteiger partial charge in [0.15, 0.2) is 11.3 Å². The second-order valence-corrected chi connectivity index (χ2v) is 5.90. The average Bonchev–Trinajstić information content (AvgIpc) is 2.66. The number of hydrogen-bond acceptors (Lipinski definition) is 6. The van der Waals surface area contributed by atoms with E-state index in [2.05, 4.69) is 0 Å². The molecule has 0 saturated carbocycles. The Balaban J connectivity index is 2.00. The van der Waals surface area contributed by atoms with E-state index in [1.54, 1.807) is 36.4 Å². The number of ether oxygens (including phenoxy) is 2. The molecule has 4 aromatic rings. The van der Waals surface area contributed by atoms with Gasteiger partial charge in [-0.05, 0) is 31.2 Å². The highest BCUT2D eigenvalue weighted by Gasteiger charge is 2.15. The first-order valence-electron chi connectivity index (χ1n) is 8.42. The summed E-state index contributed by atoms with van der Waals surface area (Å²) in [5, 5.41) is 1.31. The first-order valence-corrected chi connectivity index (χ1v) is 8.42. The van der Waals surface area contributed by atoms with E-state index in [0.29, 0.717) is 45.6 Å². The predicted octanol–water partition coefficient (Wildman–Crippen LogP) is 3.97. The van der Waals surface area contributed by atoms with Crippen LogP contribution >= 0.6 is 0 Å². The molecule has 0 bridgehead atoms. The number of fused-ring (bicyclic) bond motifs is 2. The molecule has 6 heteroatoms. The van der Waals surface area contributed by atoms with Gasteiger partial charge in [-0.15, -0.1) is 0 Å². The molecule has 27 heavy (non-hydrogen) atoms. The number of rotatable bonds is 4. The fourth-order valence-electron chi connectivity index (χ4n) is 3.09. The summed E-state index contributed by atoms with van der Waals surface area (Å²) in [6.45, 7) is 2.36. The van der Waals surface area contributed by atoms with Gasteiger partial charge in [-0.25, -0.2) is 9.59 Å². The molecular weight excluding hydrogens is 348 g/mol. The molecule has 0 fully saturated rings. The van der Waals surface area contributed by atoms with Gasteiger partial charge in [0, 0.05) is 28.5 Å². The molecule has 0 aliphatic heterocycles. The van der Waals surface area contributed by atoms with Crippen molar-refractivity contribution in [3.8, 4) is 22.6 Å². The van der Waals surface area contributed by atoms with Crippen LogP contribution in [0, 0.1) is 0 Å². The third-order valence-electron chi connectivity index (χ3n) is 4.26. The molecular formula is C21H16O6. The van der Waals surface area contributed by atoms with Gasteiger partial charge in [0.1, 0.15) is 11.3 Å². The van der Waals surface area contributed by atoms with Gasteiger partial charge in [-0.3, -0.25) is 0 Å². The Bertz CT molecular complexity index is 1270. The lowest BCUT2D eigenvalue weighted by atomic mass is 10.0. The summed E-state index contributed by atoms with van der Waals surface area (Å²) < 4.78 is 21.5. The molecule has 136 valence electrons. The summed E-state index contributed by atoms with van der Waals surface area (Å²) in [5.74, 6) is 1.05. The van der Waals surface area contributed by atoms with Crippen molar-refractivity contribution in [2.45, 2.75) is 6.92 Å². The van der Waals surface area contributed by atoms with E-state index in [0.717, 1.165) is 0 Å². The molecule has 2 aromatic carbocycles. The number of benzene rings is 2. The lowest BCUT2D eigenvalue weighted by Gasteiger charge is -2.09. The lowest BCUT2D eigenvalue weighted by molar-refractivity contribution is 0.340. The molecule has 0 radical (unpaired) electrons. The zero-order chi connectivity index (χ0) is 19.0. The summed E-state index contributed by atoms with van der Waals surface area (Å²) in [6, 6.07) is 13.5. The van der Waals surface area contributed by atoms with E-state index < -0.39 is 11.3 Å². The van der Waals surface area contributed by atoms with Crippen LogP contribution < -0.4 is 20.7 Å². The highest BCUT2D eigenvalue weighted by molar-refractivity contribution is 5.96. The lowest BCUT2D eigenvalue weighted by Crippen LogP contribution is -2.07. The zero-order valence-electron chi connectivity index (χ0n) is 14.8. The molecule has 0 saturated heterocycles. The predicted molar refractivity (Wildman–Crippen MR) is 102 cm³/mol. The Kier molecular flexibility index (Phi) is 4.16. The number of methoxy groups -OCH3 is 1. The molecule has 6 nitrogen and oxygen atoms in total. The maximum atomic E-state index is 12.6. The Hall–Kier alpha value is -3.54. The molecule has 4 rings (SSSR count). The molecule has 2 heterocycles. The molecule has 0 amide bonds. The van der Waals surface area contributed by atoms with Gasteiger partial charge in [0.05, 0.1) is 19.3 Å². The summed E-state index contributed by atoms with van der Waals surface area (Å²) in [7, 11) is 1.51. The number of para-hydroxylation sites is 1. The third-order valence-corrected chi connectivity index (χ3v) is 4.26. The van der Waals surface area contributed by atoms with Crippen molar-refractivity contribution in [2.24, 2.45) is 0 Å². The molecule has 0 unspecified atom stereocenters. The second-order valence-electron chi connectivity index (χ2n) is 5.90. The quantitative estimate of drug-likeness (QED) is 0.510. The van der Waals surface area contributed by atoms with Crippen molar-refractivity contribution in [3.05, 3.63) is 69.4 Å². The van der Waals surface area contributed by atoms with E-state index in [4.69, 9.17) is 18.3 Å². The van der Waals surface area contributed by atoms with Crippen LogP contribution in [0.15, 0.2) is 67.0 Å². The van der Waals surface area contributed by atoms with Crippen LogP contribution in [0.4, 0.5) is 0 Å². The Morgan fingerprint density at radius 2 is 1.81 bits per heavy atom. The van der Waals surface area contributed by atoms with E-state index in [1.807, 2.05) is 13.0 Å². The van der Waals surface area contributed by atoms with Crippen molar-refractivity contribution in [1.29, 1.82) is 0 Å². The minimum Gasteiger partial charge on any atom is -0.494 e. The van der Waals surface area contributed by atoms with Crippen LogP contribution in [0.3, 0.4) is 0 Å². The van der Waals surface area contributed by atoms with Crippen LogP contribution in [0.2, 0.25) is 0 Å². The minimum absolute atomic E-state index is 0.276. The Labute approximate surface area is 153 Å². The maximum absolute atomic E-state index is 12.6. The Morgan fingerprint density at radius 3 is 2.59 bits per heavy atom. The smallest absolute Gasteiger partial charge is 0.344 e. The van der Waals surface area contributed by atoms with Crippen LogP contribution in [0.25, 0.3) is 33.1 Å². The fourth-order valence-corrected chi connectivity index (χ4v) is 3.09. The van der Waals surface area contributed by atoms with Crippen molar-refractivity contribution >= 4 is 21.9 Å². The van der Waals surface area contributed by atoms with Gasteiger partial charge in [-0.1, -0.05) is 12.1 Å². The highest BCUT2D eigenvalue weighted by Crippen LogP contribution is 2.31. The van der Waals surface area contributed by atoms with Crippen LogP contribution in [0.1, 0.15) is 6.92 Å². The molecule has 2 aromatic heterocycles. The van der Waals surface area contributed by atoms with Gasteiger partial charge < -0.3 is 18.3 Å². The van der Waals surface area contributed by atoms with E-state index in [9.17, 15) is 9.59 Å². The molecule has 0 N–H and O–H groups in total. The minimum atomic E-state index is -0.562. The molecule has 0 spiro atoms. The zero-order valence-corrected chi connectivity index (χ0v) is 14.8. The van der Waals surface area contributed by atoms with Crippen LogP contribution in [-0.4, -0.2) is 13.7 Å². The second kappa shape index (κ2) is 6.64. The normalized spacial score (nSPS) is 11.0. The maximum Gasteiger partial charge on any atom is 0.344 e. The molecule has 0 atom stereocenters. The first kappa shape index (κ1) is 16.9. The SMILES string of the molecule is CCOc1ccc2c(-c3cc4cccc(OC)c4oc3=O)cc(=O)oc2c1. The molecule has 0 aliphatic carbocycles. The first-order chi connectivity index (χ1) is 13.1. The van der Waals surface area contributed by atoms with Crippen molar-refractivity contribution in [2.75, 3.05) is 13.7 Å². The third kappa shape index (κ3) is 2.95. The topological polar surface area (TPSA) is 78.9 Å². The molecule has 0 aliphatic rings. The average molecular weight is 364 g/mol. The Morgan fingerprint density at radius 1 is 0.963 bits per heavy atom. The summed E-state index contributed by atoms with van der Waals surface area (Å²) in [4.78, 5) is 24.7. The largest absolute Gasteiger partial charge is 0.494 e. The van der Waals surface area contributed by atoms with E-state index in [1.165, 1.54) is 13.2 Å². The summed E-state index contributed by atoms with van der Waals surface area (Å²) >= 11 is 0. The van der Waals surface area contributed by atoms with E-state index >= 15 is 0 Å². The summed E-state index contributed by atoms with van der Waals surface area (Å²) in [5.41, 5.74) is 0.304. The van der Waals surface area contributed by atoms with Gasteiger partial charge in [0.25, 0.3) is 0 Å². The van der Waals surface area contributed by atoms with Crippen LogP contribution in [0.5, 0.6) is 11.5 Å². The van der Waals surface area contributed by atoms with Crippen molar-refractivity contribution in [1.82, 2.24) is 0 Å². The van der Waals surface area contributed by atoms with Crippen molar-refractivity contribution in [3.63, 3.8) is 0 Å². The summed E-state index contributed by atoms with van der Waals surface area (Å²) in [6.07, 6.45) is 0. The monoisotopic (exact) mass is 364 g/mol. The van der Waals surface area contributed by atoms with Crippen LogP contribution in [-0.2, 0) is 0 Å². The van der Waals surface area contributed by atoms with E-state index in [-0.39, 0.29) is 5.56 Å². The fraction of sp³-hybridized carbons (Fsp3) is 0.143.